The molecule has 0 aromatic carbocycles. The molecule has 0 saturated carbocycles. The first-order valence-electron chi connectivity index (χ1n) is 5.42. The number of hydrogen-bond donors (Lipinski definition) is 1. The lowest BCUT2D eigenvalue weighted by Crippen LogP contribution is -2.39. The fourth-order valence-corrected chi connectivity index (χ4v) is 1.79. The van der Waals surface area contributed by atoms with Crippen molar-refractivity contribution in [3.8, 4) is 0 Å². The molecule has 0 aromatic heterocycles. The van der Waals surface area contributed by atoms with Crippen molar-refractivity contribution >= 4 is 5.91 Å². The van der Waals surface area contributed by atoms with Crippen LogP contribution in [0.3, 0.4) is 0 Å². The highest BCUT2D eigenvalue weighted by Gasteiger charge is 2.32. The normalized spacial score (nSPS) is 26.7. The topological polar surface area (TPSA) is 41.6 Å². The van der Waals surface area contributed by atoms with Crippen LogP contribution in [0.5, 0.6) is 0 Å². The highest BCUT2D eigenvalue weighted by atomic mass is 16.5. The number of carbonyl (C=O) groups excluding carboxylic acids is 1. The van der Waals surface area contributed by atoms with Crippen molar-refractivity contribution in [1.29, 1.82) is 0 Å². The number of carbonyl (C=O) groups is 1. The highest BCUT2D eigenvalue weighted by molar-refractivity contribution is 5.81. The smallest absolute Gasteiger partial charge is 0.239 e. The van der Waals surface area contributed by atoms with Crippen molar-refractivity contribution in [3.05, 3.63) is 0 Å². The summed E-state index contributed by atoms with van der Waals surface area (Å²) in [5, 5.41) is 3.19. The van der Waals surface area contributed by atoms with Crippen LogP contribution >= 0.6 is 0 Å². The average Bonchev–Trinajstić information content (AvgIpc) is 2.48. The van der Waals surface area contributed by atoms with Crippen LogP contribution < -0.4 is 5.32 Å². The number of nitrogens with zero attached hydrogens (tertiary/aromatic N) is 1. The van der Waals surface area contributed by atoms with Gasteiger partial charge in [0, 0.05) is 20.6 Å². The van der Waals surface area contributed by atoms with Crippen LogP contribution in [0.15, 0.2) is 0 Å². The Balaban J connectivity index is 2.43. The predicted molar refractivity (Wildman–Crippen MR) is 59.7 cm³/mol. The average molecular weight is 214 g/mol. The number of likely N-dealkylation sites (N-methyl/N-ethyl adjacent to an activating group) is 1. The maximum atomic E-state index is 11.7. The van der Waals surface area contributed by atoms with Gasteiger partial charge in [-0.05, 0) is 27.2 Å². The van der Waals surface area contributed by atoms with Crippen LogP contribution in [-0.4, -0.2) is 49.2 Å². The van der Waals surface area contributed by atoms with Crippen LogP contribution in [0.25, 0.3) is 0 Å². The molecule has 88 valence electrons. The van der Waals surface area contributed by atoms with Gasteiger partial charge in [0.25, 0.3) is 0 Å². The summed E-state index contributed by atoms with van der Waals surface area (Å²) in [6.07, 6.45) is 0.924. The molecule has 1 amide bonds. The summed E-state index contributed by atoms with van der Waals surface area (Å²) in [5.41, 5.74) is -0.137. The summed E-state index contributed by atoms with van der Waals surface area (Å²) in [5.74, 6) is 0.134. The van der Waals surface area contributed by atoms with Crippen molar-refractivity contribution in [1.82, 2.24) is 10.2 Å². The molecular weight excluding hydrogens is 192 g/mol. The summed E-state index contributed by atoms with van der Waals surface area (Å²) < 4.78 is 5.83. The van der Waals surface area contributed by atoms with Gasteiger partial charge < -0.3 is 15.0 Å². The van der Waals surface area contributed by atoms with Crippen LogP contribution in [0.1, 0.15) is 27.2 Å². The zero-order chi connectivity index (χ0) is 11.6. The van der Waals surface area contributed by atoms with E-state index in [1.54, 1.807) is 19.0 Å². The van der Waals surface area contributed by atoms with Gasteiger partial charge >= 0.3 is 0 Å². The van der Waals surface area contributed by atoms with Crippen LogP contribution in [-0.2, 0) is 9.53 Å². The van der Waals surface area contributed by atoms with E-state index < -0.39 is 0 Å². The SMILES string of the molecule is CN(C)C(=O)[C@@H]1C[C@@H](OC(C)(C)C)CN1. The first kappa shape index (κ1) is 12.5. The fourth-order valence-electron chi connectivity index (χ4n) is 1.79. The second-order valence-corrected chi connectivity index (χ2v) is 5.28. The van der Waals surface area contributed by atoms with Crippen LogP contribution in [0.2, 0.25) is 0 Å². The molecule has 0 aliphatic carbocycles. The maximum absolute atomic E-state index is 11.7. The monoisotopic (exact) mass is 214 g/mol. The molecule has 1 saturated heterocycles. The highest BCUT2D eigenvalue weighted by Crippen LogP contribution is 2.18. The quantitative estimate of drug-likeness (QED) is 0.732. The van der Waals surface area contributed by atoms with Crippen molar-refractivity contribution in [2.24, 2.45) is 0 Å². The Morgan fingerprint density at radius 2 is 2.00 bits per heavy atom. The number of rotatable bonds is 2. The van der Waals surface area contributed by atoms with E-state index in [-0.39, 0.29) is 23.7 Å². The number of hydrogen-bond acceptors (Lipinski definition) is 3. The predicted octanol–water partition coefficient (Wildman–Crippen LogP) is 0.620. The molecule has 1 aliphatic rings. The van der Waals surface area contributed by atoms with Gasteiger partial charge in [0.05, 0.1) is 17.7 Å². The lowest BCUT2D eigenvalue weighted by molar-refractivity contribution is -0.131. The largest absolute Gasteiger partial charge is 0.371 e. The first-order chi connectivity index (χ1) is 6.79. The lowest BCUT2D eigenvalue weighted by atomic mass is 10.1. The first-order valence-corrected chi connectivity index (χ1v) is 5.42. The Morgan fingerprint density at radius 1 is 1.40 bits per heavy atom. The molecule has 1 rings (SSSR count). The molecule has 1 fully saturated rings. The Bertz CT molecular complexity index is 233. The van der Waals surface area contributed by atoms with Gasteiger partial charge in [0.1, 0.15) is 0 Å². The lowest BCUT2D eigenvalue weighted by Gasteiger charge is -2.24. The molecule has 0 spiro atoms. The van der Waals surface area contributed by atoms with E-state index >= 15 is 0 Å². The molecule has 1 N–H and O–H groups in total. The number of nitrogens with one attached hydrogen (secondary N) is 1. The summed E-state index contributed by atoms with van der Waals surface area (Å²) in [6, 6.07) is -0.0765. The van der Waals surface area contributed by atoms with Gasteiger partial charge in [-0.3, -0.25) is 4.79 Å². The van der Waals surface area contributed by atoms with Crippen molar-refractivity contribution in [2.75, 3.05) is 20.6 Å². The third-order valence-electron chi connectivity index (χ3n) is 2.35. The van der Waals surface area contributed by atoms with E-state index in [4.69, 9.17) is 4.74 Å². The third kappa shape index (κ3) is 3.80. The van der Waals surface area contributed by atoms with Crippen LogP contribution in [0, 0.1) is 0 Å². The fraction of sp³-hybridized carbons (Fsp3) is 0.909. The molecule has 4 nitrogen and oxygen atoms in total. The summed E-state index contributed by atoms with van der Waals surface area (Å²) >= 11 is 0. The van der Waals surface area contributed by atoms with E-state index in [2.05, 4.69) is 5.32 Å². The van der Waals surface area contributed by atoms with Crippen molar-refractivity contribution in [2.45, 2.75) is 44.9 Å². The molecular formula is C11H22N2O2. The molecule has 2 atom stereocenters. The summed E-state index contributed by atoms with van der Waals surface area (Å²) in [7, 11) is 3.56. The number of ether oxygens (including phenoxy) is 1. The molecule has 0 aromatic rings. The van der Waals surface area contributed by atoms with E-state index in [9.17, 15) is 4.79 Å². The molecule has 4 heteroatoms. The summed E-state index contributed by atoms with van der Waals surface area (Å²) in [4.78, 5) is 13.3. The van der Waals surface area contributed by atoms with Gasteiger partial charge in [-0.15, -0.1) is 0 Å². The minimum Gasteiger partial charge on any atom is -0.371 e. The number of amides is 1. The molecule has 1 aliphatic heterocycles. The third-order valence-corrected chi connectivity index (χ3v) is 2.35. The molecule has 15 heavy (non-hydrogen) atoms. The molecule has 0 bridgehead atoms. The van der Waals surface area contributed by atoms with Crippen molar-refractivity contribution < 1.29 is 9.53 Å². The zero-order valence-corrected chi connectivity index (χ0v) is 10.3. The second-order valence-electron chi connectivity index (χ2n) is 5.28. The Labute approximate surface area is 92.0 Å². The van der Waals surface area contributed by atoms with Crippen molar-refractivity contribution in [3.63, 3.8) is 0 Å². The van der Waals surface area contributed by atoms with Gasteiger partial charge in [0.15, 0.2) is 0 Å². The minimum atomic E-state index is -0.137. The van der Waals surface area contributed by atoms with Crippen LogP contribution in [0.4, 0.5) is 0 Å². The van der Waals surface area contributed by atoms with Gasteiger partial charge in [-0.2, -0.15) is 0 Å². The second kappa shape index (κ2) is 4.49. The Kier molecular flexibility index (Phi) is 3.73. The zero-order valence-electron chi connectivity index (χ0n) is 10.3. The van der Waals surface area contributed by atoms with E-state index in [1.165, 1.54) is 0 Å². The Morgan fingerprint density at radius 3 is 2.47 bits per heavy atom. The molecule has 0 unspecified atom stereocenters. The van der Waals surface area contributed by atoms with E-state index in [0.717, 1.165) is 13.0 Å². The Hall–Kier alpha value is -0.610. The van der Waals surface area contributed by atoms with Gasteiger partial charge in [0.2, 0.25) is 5.91 Å². The van der Waals surface area contributed by atoms with Gasteiger partial charge in [-0.25, -0.2) is 0 Å². The van der Waals surface area contributed by atoms with Gasteiger partial charge in [-0.1, -0.05) is 0 Å². The van der Waals surface area contributed by atoms with E-state index in [0.29, 0.717) is 0 Å². The molecule has 1 heterocycles. The minimum absolute atomic E-state index is 0.0765. The standard InChI is InChI=1S/C11H22N2O2/c1-11(2,3)15-8-6-9(12-7-8)10(14)13(4)5/h8-9,12H,6-7H2,1-5H3/t8-,9+/m1/s1. The van der Waals surface area contributed by atoms with E-state index in [1.807, 2.05) is 20.8 Å². The molecule has 0 radical (unpaired) electrons. The summed E-state index contributed by atoms with van der Waals surface area (Å²) in [6.45, 7) is 6.87. The maximum Gasteiger partial charge on any atom is 0.239 e.